The first-order chi connectivity index (χ1) is 9.88. The van der Waals surface area contributed by atoms with Crippen LogP contribution in [-0.2, 0) is 11.2 Å². The van der Waals surface area contributed by atoms with Gasteiger partial charge in [0.15, 0.2) is 0 Å². The van der Waals surface area contributed by atoms with E-state index in [1.54, 1.807) is 0 Å². The minimum Gasteiger partial charge on any atom is -0.493 e. The van der Waals surface area contributed by atoms with E-state index in [1.165, 1.54) is 24.0 Å². The lowest BCUT2D eigenvalue weighted by molar-refractivity contribution is 0.0995. The number of ether oxygens (including phenoxy) is 2. The van der Waals surface area contributed by atoms with Crippen LogP contribution in [0.15, 0.2) is 18.2 Å². The number of para-hydroxylation sites is 1. The van der Waals surface area contributed by atoms with Gasteiger partial charge in [0, 0.05) is 24.6 Å². The number of benzene rings is 1. The zero-order valence-electron chi connectivity index (χ0n) is 12.4. The highest BCUT2D eigenvalue weighted by atomic mass is 16.5. The summed E-state index contributed by atoms with van der Waals surface area (Å²) >= 11 is 0. The number of rotatable bonds is 6. The maximum absolute atomic E-state index is 5.86. The van der Waals surface area contributed by atoms with E-state index in [9.17, 15) is 0 Å². The van der Waals surface area contributed by atoms with Crippen molar-refractivity contribution in [1.82, 2.24) is 5.32 Å². The highest BCUT2D eigenvalue weighted by Crippen LogP contribution is 2.35. The Morgan fingerprint density at radius 3 is 3.10 bits per heavy atom. The average Bonchev–Trinajstić information content (AvgIpc) is 3.13. The van der Waals surface area contributed by atoms with Crippen LogP contribution in [-0.4, -0.2) is 25.9 Å². The fourth-order valence-electron chi connectivity index (χ4n) is 3.35. The fraction of sp³-hybridized carbons (Fsp3) is 0.647. The van der Waals surface area contributed by atoms with E-state index in [2.05, 4.69) is 30.4 Å². The Morgan fingerprint density at radius 2 is 2.30 bits per heavy atom. The molecule has 2 aliphatic heterocycles. The van der Waals surface area contributed by atoms with Gasteiger partial charge in [-0.1, -0.05) is 25.1 Å². The monoisotopic (exact) mass is 275 g/mol. The Balaban J connectivity index is 1.71. The van der Waals surface area contributed by atoms with Crippen molar-refractivity contribution in [2.45, 2.75) is 51.2 Å². The van der Waals surface area contributed by atoms with E-state index in [1.807, 2.05) is 0 Å². The highest BCUT2D eigenvalue weighted by molar-refractivity contribution is 5.45. The van der Waals surface area contributed by atoms with Crippen LogP contribution in [0.25, 0.3) is 0 Å². The van der Waals surface area contributed by atoms with Gasteiger partial charge in [-0.2, -0.15) is 0 Å². The maximum atomic E-state index is 5.86. The third-order valence-corrected chi connectivity index (χ3v) is 4.37. The van der Waals surface area contributed by atoms with Crippen molar-refractivity contribution in [3.05, 3.63) is 29.3 Å². The fourth-order valence-corrected chi connectivity index (χ4v) is 3.35. The van der Waals surface area contributed by atoms with Gasteiger partial charge in [0.1, 0.15) is 5.75 Å². The van der Waals surface area contributed by atoms with E-state index >= 15 is 0 Å². The van der Waals surface area contributed by atoms with Gasteiger partial charge in [0.2, 0.25) is 0 Å². The van der Waals surface area contributed by atoms with E-state index < -0.39 is 0 Å². The molecule has 3 nitrogen and oxygen atoms in total. The summed E-state index contributed by atoms with van der Waals surface area (Å²) in [4.78, 5) is 0. The van der Waals surface area contributed by atoms with Crippen molar-refractivity contribution in [1.29, 1.82) is 0 Å². The molecular weight excluding hydrogens is 250 g/mol. The van der Waals surface area contributed by atoms with Crippen molar-refractivity contribution in [2.24, 2.45) is 0 Å². The lowest BCUT2D eigenvalue weighted by Crippen LogP contribution is -2.23. The van der Waals surface area contributed by atoms with Crippen LogP contribution in [0.1, 0.15) is 49.8 Å². The Hall–Kier alpha value is -1.06. The molecule has 0 bridgehead atoms. The molecule has 1 aromatic rings. The number of hydrogen-bond acceptors (Lipinski definition) is 3. The first kappa shape index (κ1) is 13.9. The molecule has 2 heterocycles. The summed E-state index contributed by atoms with van der Waals surface area (Å²) in [6, 6.07) is 6.96. The molecule has 0 spiro atoms. The zero-order valence-corrected chi connectivity index (χ0v) is 12.4. The van der Waals surface area contributed by atoms with Crippen molar-refractivity contribution < 1.29 is 9.47 Å². The summed E-state index contributed by atoms with van der Waals surface area (Å²) in [7, 11) is 0. The van der Waals surface area contributed by atoms with Gasteiger partial charge in [-0.05, 0) is 37.8 Å². The minimum atomic E-state index is 0.386. The molecule has 2 atom stereocenters. The molecule has 0 aromatic heterocycles. The van der Waals surface area contributed by atoms with Gasteiger partial charge in [-0.25, -0.2) is 0 Å². The third-order valence-electron chi connectivity index (χ3n) is 4.37. The van der Waals surface area contributed by atoms with Gasteiger partial charge < -0.3 is 14.8 Å². The van der Waals surface area contributed by atoms with Crippen LogP contribution in [0.5, 0.6) is 5.75 Å². The zero-order chi connectivity index (χ0) is 13.8. The smallest absolute Gasteiger partial charge is 0.127 e. The van der Waals surface area contributed by atoms with E-state index in [4.69, 9.17) is 9.47 Å². The van der Waals surface area contributed by atoms with Gasteiger partial charge in [0.25, 0.3) is 0 Å². The highest BCUT2D eigenvalue weighted by Gasteiger charge is 2.23. The van der Waals surface area contributed by atoms with Crippen LogP contribution < -0.4 is 10.1 Å². The van der Waals surface area contributed by atoms with E-state index in [0.717, 1.165) is 44.8 Å². The molecule has 0 amide bonds. The Kier molecular flexibility index (Phi) is 4.58. The molecule has 3 heteroatoms. The van der Waals surface area contributed by atoms with E-state index in [0.29, 0.717) is 12.1 Å². The van der Waals surface area contributed by atoms with Crippen molar-refractivity contribution in [2.75, 3.05) is 19.8 Å². The molecule has 2 unspecified atom stereocenters. The summed E-state index contributed by atoms with van der Waals surface area (Å²) in [6.45, 7) is 4.93. The first-order valence-electron chi connectivity index (χ1n) is 7.98. The molecule has 1 aromatic carbocycles. The van der Waals surface area contributed by atoms with Crippen molar-refractivity contribution >= 4 is 0 Å². The second kappa shape index (κ2) is 6.59. The van der Waals surface area contributed by atoms with Crippen molar-refractivity contribution in [3.8, 4) is 5.75 Å². The average molecular weight is 275 g/mol. The Bertz CT molecular complexity index is 441. The summed E-state index contributed by atoms with van der Waals surface area (Å²) in [5.41, 5.74) is 2.70. The quantitative estimate of drug-likeness (QED) is 0.864. The molecule has 3 rings (SSSR count). The van der Waals surface area contributed by atoms with Crippen LogP contribution in [0.3, 0.4) is 0 Å². The predicted molar refractivity (Wildman–Crippen MR) is 80.3 cm³/mol. The lowest BCUT2D eigenvalue weighted by Gasteiger charge is -2.22. The normalized spacial score (nSPS) is 22.6. The molecule has 1 fully saturated rings. The topological polar surface area (TPSA) is 30.5 Å². The second-order valence-corrected chi connectivity index (χ2v) is 5.76. The third kappa shape index (κ3) is 2.99. The molecule has 0 radical (unpaired) electrons. The van der Waals surface area contributed by atoms with Crippen LogP contribution >= 0.6 is 0 Å². The standard InChI is InChI=1S/C17H25NO2/c1-2-18-16(9-8-14-6-4-11-19-14)15-7-3-5-13-10-12-20-17(13)15/h3,5,7,14,16,18H,2,4,6,8-12H2,1H3. The maximum Gasteiger partial charge on any atom is 0.127 e. The minimum absolute atomic E-state index is 0.386. The molecular formula is C17H25NO2. The number of hydrogen-bond donors (Lipinski definition) is 1. The number of nitrogens with one attached hydrogen (secondary N) is 1. The molecule has 0 aliphatic carbocycles. The predicted octanol–water partition coefficient (Wildman–Crippen LogP) is 3.23. The van der Waals surface area contributed by atoms with Gasteiger partial charge in [0.05, 0.1) is 12.7 Å². The van der Waals surface area contributed by atoms with Gasteiger partial charge >= 0.3 is 0 Å². The molecule has 1 N–H and O–H groups in total. The SMILES string of the molecule is CCNC(CCC1CCCO1)c1cccc2c1OCC2. The summed E-state index contributed by atoms with van der Waals surface area (Å²) in [6.07, 6.45) is 6.23. The molecule has 2 aliphatic rings. The lowest BCUT2D eigenvalue weighted by atomic mass is 9.96. The summed E-state index contributed by atoms with van der Waals surface area (Å²) in [5.74, 6) is 1.13. The largest absolute Gasteiger partial charge is 0.493 e. The molecule has 20 heavy (non-hydrogen) atoms. The molecule has 0 saturated carbocycles. The van der Waals surface area contributed by atoms with Gasteiger partial charge in [-0.3, -0.25) is 0 Å². The van der Waals surface area contributed by atoms with Crippen molar-refractivity contribution in [3.63, 3.8) is 0 Å². The molecule has 1 saturated heterocycles. The van der Waals surface area contributed by atoms with Crippen LogP contribution in [0.2, 0.25) is 0 Å². The summed E-state index contributed by atoms with van der Waals surface area (Å²) in [5, 5.41) is 3.62. The Morgan fingerprint density at radius 1 is 1.35 bits per heavy atom. The van der Waals surface area contributed by atoms with Crippen LogP contribution in [0.4, 0.5) is 0 Å². The number of fused-ring (bicyclic) bond motifs is 1. The second-order valence-electron chi connectivity index (χ2n) is 5.76. The Labute approximate surface area is 121 Å². The first-order valence-corrected chi connectivity index (χ1v) is 7.98. The van der Waals surface area contributed by atoms with Crippen LogP contribution in [0, 0.1) is 0 Å². The summed E-state index contributed by atoms with van der Waals surface area (Å²) < 4.78 is 11.6. The molecule has 110 valence electrons. The van der Waals surface area contributed by atoms with Gasteiger partial charge in [-0.15, -0.1) is 0 Å². The van der Waals surface area contributed by atoms with E-state index in [-0.39, 0.29) is 0 Å².